The second-order valence-corrected chi connectivity index (χ2v) is 17.0. The van der Waals surface area contributed by atoms with Crippen molar-refractivity contribution in [2.75, 3.05) is 0 Å². The number of benzene rings is 10. The highest BCUT2D eigenvalue weighted by atomic mass is 32.1. The second kappa shape index (κ2) is 11.7. The zero-order valence-electron chi connectivity index (χ0n) is 31.2. The van der Waals surface area contributed by atoms with E-state index in [2.05, 4.69) is 196 Å². The minimum atomic E-state index is -0.0446. The first kappa shape index (κ1) is 31.8. The number of fused-ring (bicyclic) bond motifs is 11. The van der Waals surface area contributed by atoms with Crippen molar-refractivity contribution in [3.8, 4) is 44.5 Å². The molecule has 0 unspecified atom stereocenters. The summed E-state index contributed by atoms with van der Waals surface area (Å²) < 4.78 is 2.70. The molecule has 1 aliphatic carbocycles. The highest BCUT2D eigenvalue weighted by molar-refractivity contribution is 7.26. The third-order valence-corrected chi connectivity index (χ3v) is 13.8. The number of thiophene rings is 1. The largest absolute Gasteiger partial charge is 0.134 e. The molecule has 0 N–H and O–H groups in total. The van der Waals surface area contributed by atoms with Crippen LogP contribution < -0.4 is 0 Å². The number of hydrogen-bond acceptors (Lipinski definition) is 1. The van der Waals surface area contributed by atoms with Gasteiger partial charge in [-0.2, -0.15) is 0 Å². The molecule has 10 aromatic carbocycles. The van der Waals surface area contributed by atoms with Crippen LogP contribution in [0.15, 0.2) is 182 Å². The van der Waals surface area contributed by atoms with Crippen LogP contribution in [0, 0.1) is 0 Å². The van der Waals surface area contributed by atoms with E-state index >= 15 is 0 Å². The molecule has 0 amide bonds. The predicted octanol–water partition coefficient (Wildman–Crippen LogP) is 16.0. The molecule has 0 saturated carbocycles. The number of hydrogen-bond donors (Lipinski definition) is 0. The summed E-state index contributed by atoms with van der Waals surface area (Å²) >= 11 is 1.95. The van der Waals surface area contributed by atoms with E-state index in [1.807, 2.05) is 11.3 Å². The summed E-state index contributed by atoms with van der Waals surface area (Å²) in [6.07, 6.45) is 0. The summed E-state index contributed by atoms with van der Waals surface area (Å²) in [6, 6.07) is 68.2. The fourth-order valence-electron chi connectivity index (χ4n) is 10.1. The van der Waals surface area contributed by atoms with Crippen molar-refractivity contribution in [1.29, 1.82) is 0 Å². The summed E-state index contributed by atoms with van der Waals surface area (Å²) in [6.45, 7) is 4.76. The van der Waals surface area contributed by atoms with Gasteiger partial charge in [0.1, 0.15) is 0 Å². The molecule has 1 aliphatic rings. The summed E-state index contributed by atoms with van der Waals surface area (Å²) in [7, 11) is 0. The van der Waals surface area contributed by atoms with E-state index < -0.39 is 0 Å². The second-order valence-electron chi connectivity index (χ2n) is 15.9. The van der Waals surface area contributed by atoms with Crippen molar-refractivity contribution in [2.45, 2.75) is 19.3 Å². The maximum absolute atomic E-state index is 2.46. The van der Waals surface area contributed by atoms with E-state index in [4.69, 9.17) is 0 Å². The van der Waals surface area contributed by atoms with Gasteiger partial charge < -0.3 is 0 Å². The Morgan fingerprint density at radius 3 is 1.66 bits per heavy atom. The van der Waals surface area contributed by atoms with Crippen molar-refractivity contribution < 1.29 is 0 Å². The van der Waals surface area contributed by atoms with Gasteiger partial charge in [0.2, 0.25) is 0 Å². The zero-order valence-corrected chi connectivity index (χ0v) is 32.0. The van der Waals surface area contributed by atoms with Crippen LogP contribution in [-0.2, 0) is 5.41 Å². The molecular formula is C55H36S. The lowest BCUT2D eigenvalue weighted by Crippen LogP contribution is -2.14. The van der Waals surface area contributed by atoms with Crippen molar-refractivity contribution >= 4 is 74.6 Å². The van der Waals surface area contributed by atoms with E-state index in [9.17, 15) is 0 Å². The van der Waals surface area contributed by atoms with Gasteiger partial charge in [-0.3, -0.25) is 0 Å². The van der Waals surface area contributed by atoms with Crippen molar-refractivity contribution in [1.82, 2.24) is 0 Å². The zero-order chi connectivity index (χ0) is 37.1. The molecule has 1 heterocycles. The molecule has 0 saturated heterocycles. The van der Waals surface area contributed by atoms with Crippen molar-refractivity contribution in [3.05, 3.63) is 193 Å². The molecule has 12 rings (SSSR count). The quantitative estimate of drug-likeness (QED) is 0.159. The lowest BCUT2D eigenvalue weighted by Gasteiger charge is -2.21. The van der Waals surface area contributed by atoms with Crippen LogP contribution in [0.25, 0.3) is 108 Å². The first-order valence-electron chi connectivity index (χ1n) is 19.6. The third-order valence-electron chi connectivity index (χ3n) is 12.6. The predicted molar refractivity (Wildman–Crippen MR) is 243 cm³/mol. The highest BCUT2D eigenvalue weighted by Crippen LogP contribution is 2.55. The molecule has 0 spiro atoms. The Morgan fingerprint density at radius 1 is 0.357 bits per heavy atom. The van der Waals surface area contributed by atoms with E-state index in [0.717, 1.165) is 0 Å². The van der Waals surface area contributed by atoms with Crippen molar-refractivity contribution in [2.24, 2.45) is 0 Å². The molecule has 0 nitrogen and oxygen atoms in total. The molecule has 0 bridgehead atoms. The highest BCUT2D eigenvalue weighted by Gasteiger charge is 2.37. The van der Waals surface area contributed by atoms with Gasteiger partial charge in [-0.05, 0) is 111 Å². The van der Waals surface area contributed by atoms with Crippen LogP contribution in [0.5, 0.6) is 0 Å². The van der Waals surface area contributed by atoms with Crippen LogP contribution in [-0.4, -0.2) is 0 Å². The molecule has 0 radical (unpaired) electrons. The minimum absolute atomic E-state index is 0.0446. The first-order chi connectivity index (χ1) is 27.6. The Bertz CT molecular complexity index is 3390. The van der Waals surface area contributed by atoms with Crippen LogP contribution >= 0.6 is 11.3 Å². The van der Waals surface area contributed by atoms with E-state index in [-0.39, 0.29) is 5.41 Å². The fraction of sp³-hybridized carbons (Fsp3) is 0.0545. The molecule has 1 aromatic heterocycles. The van der Waals surface area contributed by atoms with Gasteiger partial charge >= 0.3 is 0 Å². The van der Waals surface area contributed by atoms with Crippen LogP contribution in [0.1, 0.15) is 25.0 Å². The lowest BCUT2D eigenvalue weighted by atomic mass is 9.82. The molecule has 11 aromatic rings. The van der Waals surface area contributed by atoms with Gasteiger partial charge in [0.15, 0.2) is 0 Å². The lowest BCUT2D eigenvalue weighted by molar-refractivity contribution is 0.661. The molecule has 56 heavy (non-hydrogen) atoms. The number of rotatable bonds is 3. The molecular weight excluding hydrogens is 693 g/mol. The maximum atomic E-state index is 2.46. The molecule has 0 atom stereocenters. The van der Waals surface area contributed by atoms with Crippen molar-refractivity contribution in [3.63, 3.8) is 0 Å². The monoisotopic (exact) mass is 728 g/mol. The summed E-state index contributed by atoms with van der Waals surface area (Å²) in [5, 5.41) is 12.9. The van der Waals surface area contributed by atoms with Gasteiger partial charge in [-0.15, -0.1) is 11.3 Å². The van der Waals surface area contributed by atoms with Gasteiger partial charge in [-0.1, -0.05) is 178 Å². The Hall–Kier alpha value is -6.54. The van der Waals surface area contributed by atoms with Gasteiger partial charge in [0, 0.05) is 31.2 Å². The smallest absolute Gasteiger partial charge is 0.0440 e. The first-order valence-corrected chi connectivity index (χ1v) is 20.4. The third kappa shape index (κ3) is 4.35. The summed E-state index contributed by atoms with van der Waals surface area (Å²) in [5.41, 5.74) is 13.2. The maximum Gasteiger partial charge on any atom is 0.0440 e. The standard InChI is InChI=1S/C55H36S/c1-55(2)46-28-12-11-26-44(46)52-47(55)29-30-48-53(52)45-32-34-16-4-6-21-38(34)50(54(45)56-48)36-19-13-18-35(31-36)49-40-22-7-9-24-42(40)51(43-25-10-8-23-41(43)49)39-27-14-17-33-15-3-5-20-37(33)39/h3-32H,1-2H3. The summed E-state index contributed by atoms with van der Waals surface area (Å²) in [5.74, 6) is 0. The average molecular weight is 729 g/mol. The molecule has 0 aliphatic heterocycles. The van der Waals surface area contributed by atoms with E-state index in [1.54, 1.807) is 0 Å². The van der Waals surface area contributed by atoms with E-state index in [1.165, 1.54) is 119 Å². The van der Waals surface area contributed by atoms with Gasteiger partial charge in [0.25, 0.3) is 0 Å². The van der Waals surface area contributed by atoms with Gasteiger partial charge in [-0.25, -0.2) is 0 Å². The molecule has 1 heteroatoms. The summed E-state index contributed by atoms with van der Waals surface area (Å²) in [4.78, 5) is 0. The Labute approximate surface area is 329 Å². The normalized spacial score (nSPS) is 13.3. The van der Waals surface area contributed by atoms with Gasteiger partial charge in [0.05, 0.1) is 0 Å². The minimum Gasteiger partial charge on any atom is -0.134 e. The van der Waals surface area contributed by atoms with Crippen LogP contribution in [0.2, 0.25) is 0 Å². The Balaban J connectivity index is 1.15. The Morgan fingerprint density at radius 2 is 0.911 bits per heavy atom. The van der Waals surface area contributed by atoms with Crippen LogP contribution in [0.4, 0.5) is 0 Å². The fourth-order valence-corrected chi connectivity index (χ4v) is 11.4. The molecule has 0 fully saturated rings. The average Bonchev–Trinajstić information content (AvgIpc) is 3.73. The SMILES string of the molecule is CC1(C)c2ccccc2-c2c1ccc1sc3c(-c4cccc(-c5c6ccccc6c(-c6cccc7ccccc67)c6ccccc56)c4)c4ccccc4cc3c21. The van der Waals surface area contributed by atoms with E-state index in [0.29, 0.717) is 0 Å². The Kier molecular flexibility index (Phi) is 6.66. The topological polar surface area (TPSA) is 0 Å². The van der Waals surface area contributed by atoms with Crippen LogP contribution in [0.3, 0.4) is 0 Å². The molecule has 262 valence electrons.